The minimum absolute atomic E-state index is 0.206. The van der Waals surface area contributed by atoms with Crippen molar-refractivity contribution in [2.75, 3.05) is 13.2 Å². The van der Waals surface area contributed by atoms with Gasteiger partial charge in [0.2, 0.25) is 17.7 Å². The fourth-order valence-corrected chi connectivity index (χ4v) is 9.39. The molecule has 3 heterocycles. The number of allylic oxidation sites excluding steroid dienone is 1. The van der Waals surface area contributed by atoms with Crippen LogP contribution in [0.3, 0.4) is 0 Å². The third kappa shape index (κ3) is 7.80. The lowest BCUT2D eigenvalue weighted by atomic mass is 9.70. The summed E-state index contributed by atoms with van der Waals surface area (Å²) in [7, 11) is 0. The summed E-state index contributed by atoms with van der Waals surface area (Å²) in [4.78, 5) is 60.2. The number of esters is 1. The maximum atomic E-state index is 15.1. The topological polar surface area (TPSA) is 125 Å². The molecule has 2 bridgehead atoms. The summed E-state index contributed by atoms with van der Waals surface area (Å²) in [6.07, 6.45) is 2.98. The van der Waals surface area contributed by atoms with E-state index in [4.69, 9.17) is 9.47 Å². The molecule has 54 heavy (non-hydrogen) atoms. The smallest absolute Gasteiger partial charge is 0.313 e. The zero-order chi connectivity index (χ0) is 38.4. The zero-order valence-corrected chi connectivity index (χ0v) is 32.1. The molecule has 3 fully saturated rings. The van der Waals surface area contributed by atoms with Crippen molar-refractivity contribution in [1.29, 1.82) is 0 Å². The highest BCUT2D eigenvalue weighted by atomic mass is 79.9. The highest BCUT2D eigenvalue weighted by Crippen LogP contribution is 2.61. The Labute approximate surface area is 325 Å². The molecular weight excluding hydrogens is 750 g/mol. The number of aliphatic hydroxyl groups excluding tert-OH is 1. The van der Waals surface area contributed by atoms with Crippen molar-refractivity contribution < 1.29 is 33.8 Å². The van der Waals surface area contributed by atoms with Crippen LogP contribution in [-0.2, 0) is 41.6 Å². The van der Waals surface area contributed by atoms with Gasteiger partial charge in [-0.25, -0.2) is 0 Å². The molecule has 0 aliphatic carbocycles. The number of alkyl halides is 1. The first-order chi connectivity index (χ1) is 26.1. The van der Waals surface area contributed by atoms with Crippen molar-refractivity contribution >= 4 is 39.6 Å². The number of likely N-dealkylation sites (tertiary alicyclic amines) is 1. The van der Waals surface area contributed by atoms with E-state index in [1.165, 1.54) is 4.90 Å². The molecule has 0 saturated carbocycles. The van der Waals surface area contributed by atoms with E-state index in [-0.39, 0.29) is 42.6 Å². The molecule has 1 spiro atoms. The molecule has 6 rings (SSSR count). The van der Waals surface area contributed by atoms with E-state index >= 15 is 9.59 Å². The second-order valence-corrected chi connectivity index (χ2v) is 15.6. The van der Waals surface area contributed by atoms with Crippen LogP contribution in [0.15, 0.2) is 116 Å². The number of benzene rings is 3. The van der Waals surface area contributed by atoms with E-state index < -0.39 is 66.3 Å². The number of carbonyl (C=O) groups excluding carboxylic acids is 4. The predicted octanol–water partition coefficient (Wildman–Crippen LogP) is 5.31. The van der Waals surface area contributed by atoms with E-state index in [1.54, 1.807) is 24.0 Å². The normalized spacial score (nSPS) is 25.6. The van der Waals surface area contributed by atoms with Crippen molar-refractivity contribution in [2.24, 2.45) is 11.8 Å². The van der Waals surface area contributed by atoms with E-state index in [9.17, 15) is 14.7 Å². The second kappa shape index (κ2) is 17.3. The Balaban J connectivity index is 1.38. The standard InChI is InChI=1S/C43H48BrN3O7/c1-4-6-22-34(49)45-28(3)37(31-20-14-9-15-21-31)53-42(52)35-36-40(50)47(32(27-48)24-29-16-10-7-11-17-29)39(43(36)25-33(44)38(35)54-43)41(51)46(23-5-2)26-30-18-12-8-13-19-30/h4-5,7-21,28,32-33,35-39,48H,1-2,6,22-27H2,3H3,(H,45,49)/t28-,32-,33?,35+,36-,37-,38+,39+,43-/m1/s1. The van der Waals surface area contributed by atoms with Crippen LogP contribution in [0.4, 0.5) is 0 Å². The Morgan fingerprint density at radius 3 is 2.26 bits per heavy atom. The Morgan fingerprint density at radius 1 is 1.02 bits per heavy atom. The molecular formula is C43H48BrN3O7. The molecule has 2 N–H and O–H groups in total. The van der Waals surface area contributed by atoms with E-state index in [1.807, 2.05) is 91.0 Å². The number of nitrogens with zero attached hydrogens (tertiary/aromatic N) is 2. The third-order valence-electron chi connectivity index (χ3n) is 10.8. The molecule has 9 atom stereocenters. The van der Waals surface area contributed by atoms with Gasteiger partial charge in [0.15, 0.2) is 0 Å². The van der Waals surface area contributed by atoms with Gasteiger partial charge in [-0.2, -0.15) is 0 Å². The Bertz CT molecular complexity index is 1810. The van der Waals surface area contributed by atoms with Gasteiger partial charge in [-0.05, 0) is 42.9 Å². The van der Waals surface area contributed by atoms with Crippen molar-refractivity contribution in [1.82, 2.24) is 15.1 Å². The maximum Gasteiger partial charge on any atom is 0.313 e. The highest BCUT2D eigenvalue weighted by Gasteiger charge is 2.77. The summed E-state index contributed by atoms with van der Waals surface area (Å²) in [5.41, 5.74) is 1.07. The molecule has 3 aromatic rings. The summed E-state index contributed by atoms with van der Waals surface area (Å²) in [6, 6.07) is 25.7. The third-order valence-corrected chi connectivity index (χ3v) is 11.7. The first-order valence-electron chi connectivity index (χ1n) is 18.5. The van der Waals surface area contributed by atoms with Crippen molar-refractivity contribution in [2.45, 2.75) is 79.9 Å². The van der Waals surface area contributed by atoms with Crippen molar-refractivity contribution in [3.8, 4) is 0 Å². The minimum Gasteiger partial charge on any atom is -0.455 e. The van der Waals surface area contributed by atoms with E-state index in [2.05, 4.69) is 34.4 Å². The quantitative estimate of drug-likeness (QED) is 0.108. The Morgan fingerprint density at radius 2 is 1.65 bits per heavy atom. The van der Waals surface area contributed by atoms with Crippen LogP contribution in [0.2, 0.25) is 0 Å². The van der Waals surface area contributed by atoms with Crippen molar-refractivity contribution in [3.05, 3.63) is 133 Å². The molecule has 3 saturated heterocycles. The molecule has 3 amide bonds. The SMILES string of the molecule is C=CCCC(=O)N[C@H](C)[C@@H](OC(=O)[C@@H]1[C@H]2O[C@@]3(CC2Br)[C@H](C(=O)N(CC=C)Cc2ccccc2)N([C@@H](CO)Cc2ccccc2)C(=O)[C@@H]13)c1ccccc1. The number of ether oxygens (including phenoxy) is 2. The molecule has 1 unspecified atom stereocenters. The van der Waals surface area contributed by atoms with Crippen LogP contribution in [-0.4, -0.2) is 86.4 Å². The summed E-state index contributed by atoms with van der Waals surface area (Å²) < 4.78 is 13.1. The van der Waals surface area contributed by atoms with Gasteiger partial charge in [0.25, 0.3) is 0 Å². The number of amides is 3. The number of aliphatic hydroxyl groups is 1. The highest BCUT2D eigenvalue weighted by molar-refractivity contribution is 9.09. The number of halogens is 1. The lowest BCUT2D eigenvalue weighted by Crippen LogP contribution is -2.59. The summed E-state index contributed by atoms with van der Waals surface area (Å²) in [6.45, 7) is 9.42. The fraction of sp³-hybridized carbons (Fsp3) is 0.395. The van der Waals surface area contributed by atoms with E-state index in [0.29, 0.717) is 18.4 Å². The molecule has 0 aromatic heterocycles. The average molecular weight is 799 g/mol. The van der Waals surface area contributed by atoms with Gasteiger partial charge in [0.05, 0.1) is 36.6 Å². The van der Waals surface area contributed by atoms with Gasteiger partial charge >= 0.3 is 5.97 Å². The number of hydrogen-bond donors (Lipinski definition) is 2. The lowest BCUT2D eigenvalue weighted by molar-refractivity contribution is -0.162. The number of fused-ring (bicyclic) bond motifs is 1. The largest absolute Gasteiger partial charge is 0.455 e. The predicted molar refractivity (Wildman–Crippen MR) is 208 cm³/mol. The molecule has 3 aromatic carbocycles. The number of rotatable bonds is 17. The first kappa shape index (κ1) is 39.1. The number of carbonyl (C=O) groups is 4. The van der Waals surface area contributed by atoms with Crippen LogP contribution >= 0.6 is 15.9 Å². The van der Waals surface area contributed by atoms with Crippen LogP contribution in [0.1, 0.15) is 49.0 Å². The Hall–Kier alpha value is -4.58. The zero-order valence-electron chi connectivity index (χ0n) is 30.5. The molecule has 11 heteroatoms. The van der Waals surface area contributed by atoms with Crippen LogP contribution in [0.5, 0.6) is 0 Å². The Kier molecular flexibility index (Phi) is 12.5. The van der Waals surface area contributed by atoms with Gasteiger partial charge in [0, 0.05) is 24.3 Å². The van der Waals surface area contributed by atoms with Gasteiger partial charge in [-0.15, -0.1) is 13.2 Å². The summed E-state index contributed by atoms with van der Waals surface area (Å²) in [5.74, 6) is -3.78. The average Bonchev–Trinajstić information content (AvgIpc) is 3.78. The van der Waals surface area contributed by atoms with Crippen LogP contribution in [0, 0.1) is 11.8 Å². The molecule has 0 radical (unpaired) electrons. The molecule has 3 aliphatic heterocycles. The van der Waals surface area contributed by atoms with Gasteiger partial charge in [-0.1, -0.05) is 119 Å². The minimum atomic E-state index is -1.39. The van der Waals surface area contributed by atoms with Gasteiger partial charge < -0.3 is 29.7 Å². The lowest BCUT2D eigenvalue weighted by Gasteiger charge is -2.39. The van der Waals surface area contributed by atoms with Gasteiger partial charge in [-0.3, -0.25) is 19.2 Å². The summed E-state index contributed by atoms with van der Waals surface area (Å²) >= 11 is 3.76. The van der Waals surface area contributed by atoms with Crippen molar-refractivity contribution in [3.63, 3.8) is 0 Å². The molecule has 10 nitrogen and oxygen atoms in total. The van der Waals surface area contributed by atoms with Crippen LogP contribution < -0.4 is 5.32 Å². The second-order valence-electron chi connectivity index (χ2n) is 14.4. The van der Waals surface area contributed by atoms with E-state index in [0.717, 1.165) is 11.1 Å². The molecule has 3 aliphatic rings. The summed E-state index contributed by atoms with van der Waals surface area (Å²) in [5, 5.41) is 13.9. The first-order valence-corrected chi connectivity index (χ1v) is 19.4. The number of hydrogen-bond acceptors (Lipinski definition) is 7. The number of nitrogens with one attached hydrogen (secondary N) is 1. The van der Waals surface area contributed by atoms with Gasteiger partial charge in [0.1, 0.15) is 17.7 Å². The fourth-order valence-electron chi connectivity index (χ4n) is 8.45. The monoisotopic (exact) mass is 797 g/mol. The van der Waals surface area contributed by atoms with Crippen LogP contribution in [0.25, 0.3) is 0 Å². The maximum absolute atomic E-state index is 15.1. The molecule has 284 valence electrons.